The molecule has 0 bridgehead atoms. The molecule has 0 aromatic rings. The Balaban J connectivity index is 3.18. The van der Waals surface area contributed by atoms with E-state index in [9.17, 15) is 9.46 Å². The highest BCUT2D eigenvalue weighted by Crippen LogP contribution is 2.37. The van der Waals surface area contributed by atoms with Crippen LogP contribution in [0, 0.1) is 0 Å². The fraction of sp³-hybridized carbons (Fsp3) is 1.00. The molecule has 1 N–H and O–H groups in total. The van der Waals surface area contributed by atoms with Gasteiger partial charge in [0.1, 0.15) is 0 Å². The van der Waals surface area contributed by atoms with E-state index in [0.717, 1.165) is 6.42 Å². The van der Waals surface area contributed by atoms with E-state index in [0.29, 0.717) is 6.42 Å². The zero-order valence-electron chi connectivity index (χ0n) is 5.24. The van der Waals surface area contributed by atoms with E-state index in [2.05, 4.69) is 4.52 Å². The van der Waals surface area contributed by atoms with Gasteiger partial charge in [-0.1, -0.05) is 13.3 Å². The van der Waals surface area contributed by atoms with Gasteiger partial charge in [-0.15, -0.1) is 4.89 Å². The van der Waals surface area contributed by atoms with Crippen LogP contribution >= 0.6 is 7.82 Å². The summed E-state index contributed by atoms with van der Waals surface area (Å²) >= 11 is 0. The molecule has 0 aliphatic heterocycles. The van der Waals surface area contributed by atoms with Crippen LogP contribution in [0.5, 0.6) is 0 Å². The molecule has 4 nitrogen and oxygen atoms in total. The molecule has 1 radical (unpaired) electrons. The lowest BCUT2D eigenvalue weighted by Crippen LogP contribution is -1.89. The molecule has 0 fully saturated rings. The summed E-state index contributed by atoms with van der Waals surface area (Å²) in [5, 5.41) is 0. The van der Waals surface area contributed by atoms with Crippen LogP contribution in [0.15, 0.2) is 0 Å². The summed E-state index contributed by atoms with van der Waals surface area (Å²) in [7, 11) is -4.45. The van der Waals surface area contributed by atoms with Crippen LogP contribution in [0.1, 0.15) is 19.8 Å². The second kappa shape index (κ2) is 4.01. The van der Waals surface area contributed by atoms with Gasteiger partial charge in [-0.2, -0.15) is 0 Å². The molecule has 55 valence electrons. The molecular formula is C4H10O4P. The number of rotatable bonds is 4. The summed E-state index contributed by atoms with van der Waals surface area (Å²) < 4.78 is 13.9. The van der Waals surface area contributed by atoms with Gasteiger partial charge in [-0.25, -0.2) is 4.57 Å². The first-order chi connectivity index (χ1) is 4.06. The van der Waals surface area contributed by atoms with Crippen LogP contribution in [0.3, 0.4) is 0 Å². The van der Waals surface area contributed by atoms with Crippen LogP contribution in [0.4, 0.5) is 0 Å². The summed E-state index contributed by atoms with van der Waals surface area (Å²) in [6.07, 6.45) is 1.49. The van der Waals surface area contributed by atoms with E-state index >= 15 is 0 Å². The zero-order valence-corrected chi connectivity index (χ0v) is 6.13. The van der Waals surface area contributed by atoms with Crippen LogP contribution < -0.4 is 0 Å². The molecule has 9 heavy (non-hydrogen) atoms. The highest BCUT2D eigenvalue weighted by atomic mass is 31.2. The molecule has 0 aromatic carbocycles. The SMILES string of the molecule is CCCCOP([O])(=O)O. The molecule has 0 aliphatic carbocycles. The lowest BCUT2D eigenvalue weighted by Gasteiger charge is -1.99. The summed E-state index contributed by atoms with van der Waals surface area (Å²) in [5.41, 5.74) is 0. The molecule has 1 unspecified atom stereocenters. The van der Waals surface area contributed by atoms with E-state index in [1.165, 1.54) is 0 Å². The highest BCUT2D eigenvalue weighted by Gasteiger charge is 2.14. The molecule has 0 saturated heterocycles. The Hall–Kier alpha value is 0.110. The molecule has 0 aliphatic rings. The van der Waals surface area contributed by atoms with Crippen molar-refractivity contribution in [3.8, 4) is 0 Å². The molecular weight excluding hydrogens is 143 g/mol. The maximum atomic E-state index is 9.87. The summed E-state index contributed by atoms with van der Waals surface area (Å²) in [5.74, 6) is 0. The third-order valence-electron chi connectivity index (χ3n) is 0.752. The van der Waals surface area contributed by atoms with Crippen molar-refractivity contribution in [3.63, 3.8) is 0 Å². The van der Waals surface area contributed by atoms with Gasteiger partial charge >= 0.3 is 7.82 Å². The molecule has 0 rings (SSSR count). The van der Waals surface area contributed by atoms with Crippen LogP contribution in [0.2, 0.25) is 0 Å². The average molecular weight is 153 g/mol. The smallest absolute Gasteiger partial charge is 0.301 e. The molecule has 0 spiro atoms. The Labute approximate surface area is 54.1 Å². The minimum Gasteiger partial charge on any atom is -0.301 e. The Morgan fingerprint density at radius 1 is 1.67 bits per heavy atom. The van der Waals surface area contributed by atoms with Gasteiger partial charge in [0.15, 0.2) is 0 Å². The molecule has 0 amide bonds. The van der Waals surface area contributed by atoms with Crippen molar-refractivity contribution in [1.82, 2.24) is 0 Å². The lowest BCUT2D eigenvalue weighted by atomic mass is 10.4. The van der Waals surface area contributed by atoms with Crippen molar-refractivity contribution in [1.29, 1.82) is 0 Å². The predicted octanol–water partition coefficient (Wildman–Crippen LogP) is 1.33. The first-order valence-electron chi connectivity index (χ1n) is 2.74. The largest absolute Gasteiger partial charge is 0.499 e. The van der Waals surface area contributed by atoms with Gasteiger partial charge in [0.25, 0.3) is 0 Å². The topological polar surface area (TPSA) is 66.4 Å². The summed E-state index contributed by atoms with van der Waals surface area (Å²) in [6, 6.07) is 0. The fourth-order valence-corrected chi connectivity index (χ4v) is 0.684. The van der Waals surface area contributed by atoms with Crippen molar-refractivity contribution in [3.05, 3.63) is 0 Å². The van der Waals surface area contributed by atoms with Crippen molar-refractivity contribution in [2.75, 3.05) is 6.61 Å². The summed E-state index contributed by atoms with van der Waals surface area (Å²) in [6.45, 7) is 1.98. The highest BCUT2D eigenvalue weighted by molar-refractivity contribution is 7.46. The normalized spacial score (nSPS) is 11.9. The minimum atomic E-state index is -4.45. The lowest BCUT2D eigenvalue weighted by molar-refractivity contribution is 0.169. The van der Waals surface area contributed by atoms with E-state index in [-0.39, 0.29) is 6.61 Å². The fourth-order valence-electron chi connectivity index (χ4n) is 0.324. The Morgan fingerprint density at radius 2 is 2.22 bits per heavy atom. The van der Waals surface area contributed by atoms with Gasteiger partial charge in [0.05, 0.1) is 6.61 Å². The standard InChI is InChI=1S/C4H10O4P/c1-2-3-4-8-9(5,6)7/h2-4H2,1H3,(H,5,6). The van der Waals surface area contributed by atoms with Gasteiger partial charge < -0.3 is 4.89 Å². The van der Waals surface area contributed by atoms with Gasteiger partial charge in [-0.05, 0) is 6.42 Å². The number of hydrogen-bond donors (Lipinski definition) is 1. The maximum absolute atomic E-state index is 9.87. The van der Waals surface area contributed by atoms with Crippen molar-refractivity contribution < 1.29 is 18.9 Å². The van der Waals surface area contributed by atoms with Crippen molar-refractivity contribution in [2.24, 2.45) is 0 Å². The average Bonchev–Trinajstić information content (AvgIpc) is 1.63. The number of hydrogen-bond acceptors (Lipinski definition) is 2. The second-order valence-corrected chi connectivity index (χ2v) is 2.85. The van der Waals surface area contributed by atoms with Crippen molar-refractivity contribution in [2.45, 2.75) is 19.8 Å². The third kappa shape index (κ3) is 8.11. The Bertz CT molecular complexity index is 107. The van der Waals surface area contributed by atoms with Gasteiger partial charge in [-0.3, -0.25) is 4.52 Å². The number of unbranched alkanes of at least 4 members (excludes halogenated alkanes) is 1. The van der Waals surface area contributed by atoms with Gasteiger partial charge in [0, 0.05) is 0 Å². The monoisotopic (exact) mass is 153 g/mol. The van der Waals surface area contributed by atoms with Crippen LogP contribution in [-0.4, -0.2) is 11.5 Å². The van der Waals surface area contributed by atoms with E-state index in [4.69, 9.17) is 4.89 Å². The second-order valence-electron chi connectivity index (χ2n) is 1.66. The van der Waals surface area contributed by atoms with E-state index < -0.39 is 7.82 Å². The predicted molar refractivity (Wildman–Crippen MR) is 31.4 cm³/mol. The van der Waals surface area contributed by atoms with Crippen LogP contribution in [0.25, 0.3) is 0 Å². The first kappa shape index (κ1) is 9.11. The Morgan fingerprint density at radius 3 is 2.56 bits per heavy atom. The quantitative estimate of drug-likeness (QED) is 0.489. The van der Waals surface area contributed by atoms with Gasteiger partial charge in [0.2, 0.25) is 0 Å². The molecule has 0 heterocycles. The molecule has 1 atom stereocenters. The summed E-state index contributed by atoms with van der Waals surface area (Å²) in [4.78, 5) is 17.9. The minimum absolute atomic E-state index is 0.0772. The zero-order chi connectivity index (χ0) is 7.33. The molecule has 0 aromatic heterocycles. The molecule has 0 saturated carbocycles. The third-order valence-corrected chi connectivity index (χ3v) is 1.26. The van der Waals surface area contributed by atoms with Crippen molar-refractivity contribution >= 4 is 7.82 Å². The Kier molecular flexibility index (Phi) is 4.06. The van der Waals surface area contributed by atoms with E-state index in [1.54, 1.807) is 0 Å². The molecule has 5 heteroatoms. The maximum Gasteiger partial charge on any atom is 0.499 e. The van der Waals surface area contributed by atoms with Crippen LogP contribution in [-0.2, 0) is 14.0 Å². The first-order valence-corrected chi connectivity index (χ1v) is 4.24. The van der Waals surface area contributed by atoms with E-state index in [1.807, 2.05) is 6.92 Å².